The molecule has 0 spiro atoms. The van der Waals surface area contributed by atoms with Crippen LogP contribution in [0.3, 0.4) is 0 Å². The zero-order valence-electron chi connectivity index (χ0n) is 12.2. The maximum absolute atomic E-state index is 12.4. The summed E-state index contributed by atoms with van der Waals surface area (Å²) in [5.74, 6) is -0.310. The maximum Gasteiger partial charge on any atom is 0.339 e. The van der Waals surface area contributed by atoms with Crippen LogP contribution in [0.15, 0.2) is 10.7 Å². The van der Waals surface area contributed by atoms with Gasteiger partial charge in [0.05, 0.1) is 12.3 Å². The van der Waals surface area contributed by atoms with Crippen LogP contribution < -0.4 is 0 Å². The van der Waals surface area contributed by atoms with Gasteiger partial charge in [-0.25, -0.2) is 13.2 Å². The summed E-state index contributed by atoms with van der Waals surface area (Å²) in [6.07, 6.45) is 3.73. The van der Waals surface area contributed by atoms with Gasteiger partial charge in [-0.2, -0.15) is 4.31 Å². The van der Waals surface area contributed by atoms with Crippen molar-refractivity contribution in [3.05, 3.63) is 23.2 Å². The highest BCUT2D eigenvalue weighted by molar-refractivity contribution is 7.89. The number of ether oxygens (including phenoxy) is 1. The van der Waals surface area contributed by atoms with Gasteiger partial charge in [0.2, 0.25) is 10.0 Å². The molecule has 3 heterocycles. The van der Waals surface area contributed by atoms with Crippen LogP contribution >= 0.6 is 0 Å². The number of nitrogens with zero attached hydrogens (tertiary/aromatic N) is 1. The van der Waals surface area contributed by atoms with Crippen LogP contribution in [0.2, 0.25) is 0 Å². The minimum atomic E-state index is -3.41. The summed E-state index contributed by atoms with van der Waals surface area (Å²) < 4.78 is 36.7. The highest BCUT2D eigenvalue weighted by Gasteiger charge is 2.35. The Hall–Kier alpha value is -1.38. The summed E-state index contributed by atoms with van der Waals surface area (Å²) in [4.78, 5) is 11.1. The lowest BCUT2D eigenvalue weighted by molar-refractivity contribution is 0.0537. The van der Waals surface area contributed by atoms with Gasteiger partial charge in [0, 0.05) is 25.3 Å². The average Bonchev–Trinajstić information content (AvgIpc) is 3.06. The van der Waals surface area contributed by atoms with Crippen LogP contribution in [0.1, 0.15) is 40.9 Å². The Morgan fingerprint density at radius 1 is 1.41 bits per heavy atom. The van der Waals surface area contributed by atoms with Crippen molar-refractivity contribution in [1.82, 2.24) is 4.31 Å². The Balaban J connectivity index is 1.63. The van der Waals surface area contributed by atoms with Gasteiger partial charge in [-0.05, 0) is 25.2 Å². The molecule has 1 N–H and O–H groups in total. The third kappa shape index (κ3) is 3.04. The van der Waals surface area contributed by atoms with Gasteiger partial charge in [-0.1, -0.05) is 0 Å². The number of hydrogen-bond donors (Lipinski definition) is 1. The minimum Gasteiger partial charge on any atom is -0.478 e. The van der Waals surface area contributed by atoms with Gasteiger partial charge in [0.15, 0.2) is 0 Å². The van der Waals surface area contributed by atoms with Crippen molar-refractivity contribution in [2.75, 3.05) is 19.0 Å². The fraction of sp³-hybridized carbons (Fsp3) is 0.643. The van der Waals surface area contributed by atoms with Gasteiger partial charge in [0.25, 0.3) is 0 Å². The Morgan fingerprint density at radius 3 is 2.91 bits per heavy atom. The van der Waals surface area contributed by atoms with Gasteiger partial charge >= 0.3 is 5.97 Å². The van der Waals surface area contributed by atoms with Crippen molar-refractivity contribution in [2.24, 2.45) is 5.92 Å². The predicted molar refractivity (Wildman–Crippen MR) is 76.9 cm³/mol. The number of hydrogen-bond acceptors (Lipinski definition) is 5. The Kier molecular flexibility index (Phi) is 4.24. The summed E-state index contributed by atoms with van der Waals surface area (Å²) >= 11 is 0. The largest absolute Gasteiger partial charge is 0.478 e. The van der Waals surface area contributed by atoms with E-state index < -0.39 is 16.0 Å². The number of furan rings is 1. The van der Waals surface area contributed by atoms with Crippen molar-refractivity contribution in [3.8, 4) is 0 Å². The molecular weight excluding hydrogens is 310 g/mol. The molecule has 8 heteroatoms. The molecule has 122 valence electrons. The van der Waals surface area contributed by atoms with Crippen LogP contribution in [0, 0.1) is 5.92 Å². The van der Waals surface area contributed by atoms with Crippen LogP contribution in [0.25, 0.3) is 0 Å². The second kappa shape index (κ2) is 6.02. The molecule has 0 radical (unpaired) electrons. The maximum atomic E-state index is 12.4. The molecule has 22 heavy (non-hydrogen) atoms. The molecule has 3 rings (SSSR count). The molecule has 7 nitrogen and oxygen atoms in total. The zero-order chi connectivity index (χ0) is 15.7. The minimum absolute atomic E-state index is 0.0494. The molecule has 1 unspecified atom stereocenters. The number of carboxylic acid groups (broad SMARTS) is 1. The molecule has 1 atom stereocenters. The van der Waals surface area contributed by atoms with E-state index in [1.165, 1.54) is 10.6 Å². The van der Waals surface area contributed by atoms with E-state index in [1.807, 2.05) is 0 Å². The molecular formula is C14H19NO6S. The van der Waals surface area contributed by atoms with Gasteiger partial charge in [-0.3, -0.25) is 0 Å². The van der Waals surface area contributed by atoms with Crippen LogP contribution in [-0.4, -0.2) is 42.8 Å². The van der Waals surface area contributed by atoms with Crippen LogP contribution in [0.5, 0.6) is 0 Å². The van der Waals surface area contributed by atoms with Crippen molar-refractivity contribution in [3.63, 3.8) is 0 Å². The van der Waals surface area contributed by atoms with Crippen molar-refractivity contribution < 1.29 is 27.5 Å². The van der Waals surface area contributed by atoms with E-state index in [0.29, 0.717) is 24.4 Å². The lowest BCUT2D eigenvalue weighted by Crippen LogP contribution is -2.30. The van der Waals surface area contributed by atoms with Gasteiger partial charge < -0.3 is 14.3 Å². The number of aromatic carboxylic acids is 1. The Morgan fingerprint density at radius 2 is 2.23 bits per heavy atom. The van der Waals surface area contributed by atoms with E-state index >= 15 is 0 Å². The molecule has 1 aromatic rings. The van der Waals surface area contributed by atoms with Crippen molar-refractivity contribution >= 4 is 16.0 Å². The van der Waals surface area contributed by atoms with Crippen molar-refractivity contribution in [1.29, 1.82) is 0 Å². The number of carboxylic acids is 1. The third-order valence-corrected chi connectivity index (χ3v) is 6.09. The summed E-state index contributed by atoms with van der Waals surface area (Å²) in [6.45, 7) is 1.58. The van der Waals surface area contributed by atoms with E-state index in [4.69, 9.17) is 14.3 Å². The second-order valence-electron chi connectivity index (χ2n) is 5.81. The van der Waals surface area contributed by atoms with Gasteiger partial charge in [0.1, 0.15) is 17.6 Å². The molecule has 1 saturated heterocycles. The molecule has 0 amide bonds. The van der Waals surface area contributed by atoms with E-state index in [0.717, 1.165) is 19.4 Å². The zero-order valence-corrected chi connectivity index (χ0v) is 13.0. The summed E-state index contributed by atoms with van der Waals surface area (Å²) in [5, 5.41) is 9.06. The lowest BCUT2D eigenvalue weighted by atomic mass is 10.00. The fourth-order valence-corrected chi connectivity index (χ4v) is 4.51. The summed E-state index contributed by atoms with van der Waals surface area (Å²) in [7, 11) is -3.41. The van der Waals surface area contributed by atoms with E-state index in [-0.39, 0.29) is 30.3 Å². The lowest BCUT2D eigenvalue weighted by Gasteiger charge is -2.23. The topological polar surface area (TPSA) is 97.0 Å². The summed E-state index contributed by atoms with van der Waals surface area (Å²) in [6, 6.07) is 0. The van der Waals surface area contributed by atoms with E-state index in [9.17, 15) is 13.2 Å². The highest BCUT2D eigenvalue weighted by Crippen LogP contribution is 2.30. The predicted octanol–water partition coefficient (Wildman–Crippen LogP) is 1.44. The molecule has 2 aliphatic heterocycles. The molecule has 1 aromatic heterocycles. The number of sulfonamides is 1. The molecule has 0 aromatic carbocycles. The first-order valence-electron chi connectivity index (χ1n) is 7.35. The molecule has 2 aliphatic rings. The Bertz CT molecular complexity index is 659. The molecule has 0 bridgehead atoms. The van der Waals surface area contributed by atoms with Crippen LogP contribution in [-0.2, 0) is 27.8 Å². The third-order valence-electron chi connectivity index (χ3n) is 4.30. The first-order valence-corrected chi connectivity index (χ1v) is 8.96. The SMILES string of the molecule is O=C(O)c1coc2c1CN(S(=O)(=O)CCC1CCCOC1)C2. The quantitative estimate of drug-likeness (QED) is 0.878. The highest BCUT2D eigenvalue weighted by atomic mass is 32.2. The number of fused-ring (bicyclic) bond motifs is 1. The molecule has 1 fully saturated rings. The van der Waals surface area contributed by atoms with Gasteiger partial charge in [-0.15, -0.1) is 0 Å². The fourth-order valence-electron chi connectivity index (χ4n) is 2.98. The standard InChI is InChI=1S/C14H19NO6S/c16-14(17)12-9-21-13-7-15(6-11(12)13)22(18,19)5-3-10-2-1-4-20-8-10/h9-10H,1-8H2,(H,16,17). The van der Waals surface area contributed by atoms with E-state index in [2.05, 4.69) is 0 Å². The Labute approximate surface area is 128 Å². The average molecular weight is 329 g/mol. The first-order chi connectivity index (χ1) is 10.5. The van der Waals surface area contributed by atoms with Crippen LogP contribution in [0.4, 0.5) is 0 Å². The monoisotopic (exact) mass is 329 g/mol. The first kappa shape index (κ1) is 15.5. The van der Waals surface area contributed by atoms with E-state index in [1.54, 1.807) is 0 Å². The normalized spacial score (nSPS) is 22.6. The number of carbonyl (C=O) groups is 1. The molecule has 0 saturated carbocycles. The van der Waals surface area contributed by atoms with Crippen molar-refractivity contribution in [2.45, 2.75) is 32.4 Å². The smallest absolute Gasteiger partial charge is 0.339 e. The second-order valence-corrected chi connectivity index (χ2v) is 7.90. The summed E-state index contributed by atoms with van der Waals surface area (Å²) in [5.41, 5.74) is 0.519. The number of rotatable bonds is 5. The molecule has 0 aliphatic carbocycles.